The second-order valence-corrected chi connectivity index (χ2v) is 4.92. The minimum atomic E-state index is 0.0786. The number of ether oxygens (including phenoxy) is 1. The quantitative estimate of drug-likeness (QED) is 0.796. The topological polar surface area (TPSA) is 41.6 Å². The van der Waals surface area contributed by atoms with Gasteiger partial charge in [0.05, 0.1) is 6.61 Å². The number of carbonyl (C=O) groups is 1. The summed E-state index contributed by atoms with van der Waals surface area (Å²) in [6, 6.07) is 0.0786. The first-order valence-electron chi connectivity index (χ1n) is 6.15. The van der Waals surface area contributed by atoms with Crippen molar-refractivity contribution in [3.63, 3.8) is 0 Å². The number of hydrogen-bond acceptors (Lipinski definition) is 2. The van der Waals surface area contributed by atoms with Crippen LogP contribution in [-0.2, 0) is 4.74 Å². The van der Waals surface area contributed by atoms with Crippen molar-refractivity contribution in [2.75, 3.05) is 33.4 Å². The number of rotatable bonds is 4. The largest absolute Gasteiger partial charge is 0.384 e. The molecule has 2 amide bonds. The fourth-order valence-electron chi connectivity index (χ4n) is 1.93. The van der Waals surface area contributed by atoms with E-state index in [-0.39, 0.29) is 6.03 Å². The van der Waals surface area contributed by atoms with E-state index >= 15 is 0 Å². The fourth-order valence-corrected chi connectivity index (χ4v) is 1.93. The number of urea groups is 1. The highest BCUT2D eigenvalue weighted by Gasteiger charge is 2.20. The molecule has 0 saturated carbocycles. The summed E-state index contributed by atoms with van der Waals surface area (Å²) in [6.45, 7) is 7.49. The van der Waals surface area contributed by atoms with E-state index < -0.39 is 0 Å². The van der Waals surface area contributed by atoms with Crippen LogP contribution in [0.2, 0.25) is 0 Å². The number of carbonyl (C=O) groups excluding carboxylic acids is 1. The molecular formula is C12H24N2O2. The van der Waals surface area contributed by atoms with Crippen LogP contribution in [0.5, 0.6) is 0 Å². The number of nitrogens with zero attached hydrogens (tertiary/aromatic N) is 1. The van der Waals surface area contributed by atoms with E-state index in [2.05, 4.69) is 19.2 Å². The Morgan fingerprint density at radius 1 is 1.50 bits per heavy atom. The molecule has 0 bridgehead atoms. The Labute approximate surface area is 98.3 Å². The molecule has 0 aromatic rings. The van der Waals surface area contributed by atoms with E-state index in [0.29, 0.717) is 19.1 Å². The first kappa shape index (κ1) is 13.3. The molecule has 1 unspecified atom stereocenters. The SMILES string of the molecule is COCC(C)CNC(=O)N1CCC(C)CC1. The molecule has 4 heteroatoms. The summed E-state index contributed by atoms with van der Waals surface area (Å²) in [6.07, 6.45) is 2.25. The number of piperidine rings is 1. The molecule has 1 heterocycles. The standard InChI is InChI=1S/C12H24N2O2/c1-10-4-6-14(7-5-10)12(15)13-8-11(2)9-16-3/h10-11H,4-9H2,1-3H3,(H,13,15). The van der Waals surface area contributed by atoms with Crippen molar-refractivity contribution in [3.05, 3.63) is 0 Å². The van der Waals surface area contributed by atoms with Gasteiger partial charge in [-0.05, 0) is 24.7 Å². The molecule has 1 aliphatic rings. The highest BCUT2D eigenvalue weighted by Crippen LogP contribution is 2.15. The van der Waals surface area contributed by atoms with Crippen molar-refractivity contribution < 1.29 is 9.53 Å². The summed E-state index contributed by atoms with van der Waals surface area (Å²) in [5.41, 5.74) is 0. The van der Waals surface area contributed by atoms with Gasteiger partial charge in [-0.1, -0.05) is 13.8 Å². The van der Waals surface area contributed by atoms with E-state index in [4.69, 9.17) is 4.74 Å². The third-order valence-corrected chi connectivity index (χ3v) is 3.12. The fraction of sp³-hybridized carbons (Fsp3) is 0.917. The summed E-state index contributed by atoms with van der Waals surface area (Å²) in [4.78, 5) is 13.7. The van der Waals surface area contributed by atoms with Crippen molar-refractivity contribution >= 4 is 6.03 Å². The highest BCUT2D eigenvalue weighted by molar-refractivity contribution is 5.74. The van der Waals surface area contributed by atoms with Crippen LogP contribution in [-0.4, -0.2) is 44.3 Å². The third kappa shape index (κ3) is 4.39. The lowest BCUT2D eigenvalue weighted by atomic mass is 10.00. The molecule has 94 valence electrons. The van der Waals surface area contributed by atoms with Gasteiger partial charge in [0.25, 0.3) is 0 Å². The molecule has 1 atom stereocenters. The first-order chi connectivity index (χ1) is 7.63. The van der Waals surface area contributed by atoms with E-state index in [9.17, 15) is 4.79 Å². The minimum absolute atomic E-state index is 0.0786. The predicted octanol–water partition coefficient (Wildman–Crippen LogP) is 1.71. The normalized spacial score (nSPS) is 19.6. The molecule has 0 aromatic carbocycles. The Bertz CT molecular complexity index is 213. The third-order valence-electron chi connectivity index (χ3n) is 3.12. The second kappa shape index (κ2) is 6.74. The molecule has 0 radical (unpaired) electrons. The van der Waals surface area contributed by atoms with Crippen molar-refractivity contribution in [3.8, 4) is 0 Å². The van der Waals surface area contributed by atoms with Crippen molar-refractivity contribution in [2.24, 2.45) is 11.8 Å². The lowest BCUT2D eigenvalue weighted by molar-refractivity contribution is 0.150. The maximum absolute atomic E-state index is 11.8. The van der Waals surface area contributed by atoms with Crippen LogP contribution < -0.4 is 5.32 Å². The maximum atomic E-state index is 11.8. The molecule has 1 fully saturated rings. The van der Waals surface area contributed by atoms with Crippen LogP contribution in [0.3, 0.4) is 0 Å². The zero-order chi connectivity index (χ0) is 12.0. The maximum Gasteiger partial charge on any atom is 0.317 e. The molecule has 1 aliphatic heterocycles. The predicted molar refractivity (Wildman–Crippen MR) is 64.4 cm³/mol. The second-order valence-electron chi connectivity index (χ2n) is 4.92. The summed E-state index contributed by atoms with van der Waals surface area (Å²) in [5, 5.41) is 2.96. The van der Waals surface area contributed by atoms with Crippen LogP contribution in [0.1, 0.15) is 26.7 Å². The highest BCUT2D eigenvalue weighted by atomic mass is 16.5. The van der Waals surface area contributed by atoms with Gasteiger partial charge in [0.1, 0.15) is 0 Å². The van der Waals surface area contributed by atoms with Crippen molar-refractivity contribution in [1.82, 2.24) is 10.2 Å². The minimum Gasteiger partial charge on any atom is -0.384 e. The average molecular weight is 228 g/mol. The Balaban J connectivity index is 2.19. The van der Waals surface area contributed by atoms with E-state index in [1.165, 1.54) is 0 Å². The monoisotopic (exact) mass is 228 g/mol. The van der Waals surface area contributed by atoms with Gasteiger partial charge in [-0.2, -0.15) is 0 Å². The molecular weight excluding hydrogens is 204 g/mol. The summed E-state index contributed by atoms with van der Waals surface area (Å²) in [5.74, 6) is 1.13. The van der Waals surface area contributed by atoms with Gasteiger partial charge < -0.3 is 15.0 Å². The lowest BCUT2D eigenvalue weighted by Crippen LogP contribution is -2.45. The van der Waals surface area contributed by atoms with Gasteiger partial charge in [0, 0.05) is 26.7 Å². The molecule has 1 N–H and O–H groups in total. The Morgan fingerprint density at radius 3 is 2.69 bits per heavy atom. The van der Waals surface area contributed by atoms with Crippen LogP contribution in [0.25, 0.3) is 0 Å². The number of amides is 2. The van der Waals surface area contributed by atoms with Crippen molar-refractivity contribution in [1.29, 1.82) is 0 Å². The zero-order valence-electron chi connectivity index (χ0n) is 10.7. The van der Waals surface area contributed by atoms with Crippen LogP contribution in [0.15, 0.2) is 0 Å². The smallest absolute Gasteiger partial charge is 0.317 e. The van der Waals surface area contributed by atoms with Crippen LogP contribution in [0, 0.1) is 11.8 Å². The Morgan fingerprint density at radius 2 is 2.12 bits per heavy atom. The first-order valence-corrected chi connectivity index (χ1v) is 6.15. The van der Waals surface area contributed by atoms with Gasteiger partial charge in [0.2, 0.25) is 0 Å². The van der Waals surface area contributed by atoms with Gasteiger partial charge in [-0.15, -0.1) is 0 Å². The molecule has 0 aromatic heterocycles. The summed E-state index contributed by atoms with van der Waals surface area (Å²) in [7, 11) is 1.68. The number of hydrogen-bond donors (Lipinski definition) is 1. The van der Waals surface area contributed by atoms with Crippen LogP contribution >= 0.6 is 0 Å². The van der Waals surface area contributed by atoms with Gasteiger partial charge in [-0.3, -0.25) is 0 Å². The van der Waals surface area contributed by atoms with Gasteiger partial charge in [-0.25, -0.2) is 4.79 Å². The van der Waals surface area contributed by atoms with Crippen molar-refractivity contribution in [2.45, 2.75) is 26.7 Å². The number of likely N-dealkylation sites (tertiary alicyclic amines) is 1. The summed E-state index contributed by atoms with van der Waals surface area (Å²) >= 11 is 0. The Kier molecular flexibility index (Phi) is 5.60. The lowest BCUT2D eigenvalue weighted by Gasteiger charge is -2.30. The molecule has 0 spiro atoms. The molecule has 4 nitrogen and oxygen atoms in total. The average Bonchev–Trinajstić information content (AvgIpc) is 2.27. The van der Waals surface area contributed by atoms with Crippen LogP contribution in [0.4, 0.5) is 4.79 Å². The zero-order valence-corrected chi connectivity index (χ0v) is 10.7. The van der Waals surface area contributed by atoms with Gasteiger partial charge in [0.15, 0.2) is 0 Å². The summed E-state index contributed by atoms with van der Waals surface area (Å²) < 4.78 is 5.03. The van der Waals surface area contributed by atoms with E-state index in [0.717, 1.165) is 31.8 Å². The molecule has 1 rings (SSSR count). The Hall–Kier alpha value is -0.770. The molecule has 1 saturated heterocycles. The van der Waals surface area contributed by atoms with E-state index in [1.54, 1.807) is 7.11 Å². The molecule has 0 aliphatic carbocycles. The molecule has 16 heavy (non-hydrogen) atoms. The number of nitrogens with one attached hydrogen (secondary N) is 1. The number of methoxy groups -OCH3 is 1. The van der Waals surface area contributed by atoms with Gasteiger partial charge >= 0.3 is 6.03 Å². The van der Waals surface area contributed by atoms with E-state index in [1.807, 2.05) is 4.90 Å².